The molecule has 2 heterocycles. The van der Waals surface area contributed by atoms with Crippen molar-refractivity contribution >= 4 is 22.6 Å². The van der Waals surface area contributed by atoms with Crippen molar-refractivity contribution in [3.05, 3.63) is 23.2 Å². The van der Waals surface area contributed by atoms with Crippen LogP contribution in [-0.4, -0.2) is 15.0 Å². The number of hydrogen-bond donors (Lipinski definition) is 1. The minimum Gasteiger partial charge on any atom is -0.336 e. The molecule has 0 aliphatic carbocycles. The Morgan fingerprint density at radius 2 is 2.07 bits per heavy atom. The van der Waals surface area contributed by atoms with Gasteiger partial charge in [0.15, 0.2) is 0 Å². The van der Waals surface area contributed by atoms with Crippen LogP contribution in [0.15, 0.2) is 12.3 Å². The second kappa shape index (κ2) is 2.84. The van der Waals surface area contributed by atoms with E-state index in [1.807, 2.05) is 0 Å². The molecule has 0 aliphatic rings. The first-order valence-corrected chi connectivity index (χ1v) is 3.93. The molecule has 14 heavy (non-hydrogen) atoms. The predicted octanol–water partition coefficient (Wildman–Crippen LogP) is 2.63. The Hall–Kier alpha value is -1.30. The van der Waals surface area contributed by atoms with Crippen LogP contribution in [0, 0.1) is 0 Å². The second-order valence-corrected chi connectivity index (χ2v) is 2.96. The molecule has 7 heteroatoms. The fourth-order valence-corrected chi connectivity index (χ4v) is 1.18. The Labute approximate surface area is 80.9 Å². The quantitative estimate of drug-likeness (QED) is 0.695. The normalized spacial score (nSPS) is 12.3. The van der Waals surface area contributed by atoms with Gasteiger partial charge in [0.1, 0.15) is 11.3 Å². The Bertz CT molecular complexity index is 476. The lowest BCUT2D eigenvalue weighted by molar-refractivity contribution is -0.140. The summed E-state index contributed by atoms with van der Waals surface area (Å²) in [7, 11) is 0. The molecule has 0 bridgehead atoms. The van der Waals surface area contributed by atoms with Gasteiger partial charge in [-0.15, -0.1) is 0 Å². The smallest absolute Gasteiger partial charge is 0.336 e. The van der Waals surface area contributed by atoms with Crippen molar-refractivity contribution in [2.75, 3.05) is 0 Å². The molecule has 0 amide bonds. The molecule has 3 nitrogen and oxygen atoms in total. The van der Waals surface area contributed by atoms with Gasteiger partial charge in [-0.25, -0.2) is 4.98 Å². The first kappa shape index (κ1) is 9.26. The molecule has 1 N–H and O–H groups in total. The van der Waals surface area contributed by atoms with Crippen molar-refractivity contribution in [2.45, 2.75) is 6.18 Å². The summed E-state index contributed by atoms with van der Waals surface area (Å²) in [4.78, 5) is 9.29. The Morgan fingerprint density at radius 3 is 2.71 bits per heavy atom. The standard InChI is InChI=1S/C7H3ClF3N3/c8-6-12-2-3-1-4(7(9,10)11)13-5(3)14-6/h1-2H,(H,12,13,14). The highest BCUT2D eigenvalue weighted by molar-refractivity contribution is 6.28. The molecule has 0 unspecified atom stereocenters. The lowest BCUT2D eigenvalue weighted by atomic mass is 10.3. The summed E-state index contributed by atoms with van der Waals surface area (Å²) in [5.74, 6) is 0. The van der Waals surface area contributed by atoms with E-state index < -0.39 is 11.9 Å². The summed E-state index contributed by atoms with van der Waals surface area (Å²) >= 11 is 5.42. The average molecular weight is 222 g/mol. The van der Waals surface area contributed by atoms with Crippen molar-refractivity contribution in [3.8, 4) is 0 Å². The van der Waals surface area contributed by atoms with E-state index in [1.54, 1.807) is 0 Å². The van der Waals surface area contributed by atoms with Gasteiger partial charge < -0.3 is 4.98 Å². The maximum Gasteiger partial charge on any atom is 0.431 e. The lowest BCUT2D eigenvalue weighted by Crippen LogP contribution is -2.04. The van der Waals surface area contributed by atoms with Gasteiger partial charge in [-0.1, -0.05) is 0 Å². The maximum atomic E-state index is 12.2. The molecule has 2 rings (SSSR count). The van der Waals surface area contributed by atoms with Crippen LogP contribution in [-0.2, 0) is 6.18 Å². The number of aromatic nitrogens is 3. The van der Waals surface area contributed by atoms with Crippen LogP contribution in [0.4, 0.5) is 13.2 Å². The minimum absolute atomic E-state index is 0.0809. The monoisotopic (exact) mass is 221 g/mol. The van der Waals surface area contributed by atoms with Gasteiger partial charge in [0, 0.05) is 11.6 Å². The van der Waals surface area contributed by atoms with Gasteiger partial charge in [0.2, 0.25) is 5.28 Å². The first-order valence-electron chi connectivity index (χ1n) is 3.55. The zero-order valence-electron chi connectivity index (χ0n) is 6.56. The van der Waals surface area contributed by atoms with Gasteiger partial charge >= 0.3 is 6.18 Å². The van der Waals surface area contributed by atoms with Crippen molar-refractivity contribution in [3.63, 3.8) is 0 Å². The van der Waals surface area contributed by atoms with E-state index in [0.717, 1.165) is 6.07 Å². The molecular weight excluding hydrogens is 219 g/mol. The highest BCUT2D eigenvalue weighted by atomic mass is 35.5. The number of alkyl halides is 3. The van der Waals surface area contributed by atoms with E-state index in [-0.39, 0.29) is 16.3 Å². The summed E-state index contributed by atoms with van der Waals surface area (Å²) in [6.07, 6.45) is -3.18. The van der Waals surface area contributed by atoms with Crippen molar-refractivity contribution in [1.29, 1.82) is 0 Å². The van der Waals surface area contributed by atoms with Crippen LogP contribution < -0.4 is 0 Å². The highest BCUT2D eigenvalue weighted by Gasteiger charge is 2.32. The molecule has 0 aliphatic heterocycles. The summed E-state index contributed by atoms with van der Waals surface area (Å²) < 4.78 is 36.6. The molecular formula is C7H3ClF3N3. The van der Waals surface area contributed by atoms with E-state index in [2.05, 4.69) is 15.0 Å². The Balaban J connectivity index is 2.63. The van der Waals surface area contributed by atoms with E-state index in [4.69, 9.17) is 11.6 Å². The van der Waals surface area contributed by atoms with E-state index >= 15 is 0 Å². The predicted molar refractivity (Wildman–Crippen MR) is 43.9 cm³/mol. The van der Waals surface area contributed by atoms with Gasteiger partial charge in [0.25, 0.3) is 0 Å². The number of hydrogen-bond acceptors (Lipinski definition) is 2. The molecule has 0 spiro atoms. The number of aromatic amines is 1. The Morgan fingerprint density at radius 1 is 1.36 bits per heavy atom. The summed E-state index contributed by atoms with van der Waals surface area (Å²) in [5.41, 5.74) is -0.776. The third-order valence-corrected chi connectivity index (χ3v) is 1.83. The summed E-state index contributed by atoms with van der Waals surface area (Å²) in [6, 6.07) is 0.936. The topological polar surface area (TPSA) is 41.6 Å². The number of rotatable bonds is 0. The number of fused-ring (bicyclic) bond motifs is 1. The number of nitrogens with one attached hydrogen (secondary N) is 1. The van der Waals surface area contributed by atoms with Crippen LogP contribution >= 0.6 is 11.6 Å². The largest absolute Gasteiger partial charge is 0.431 e. The minimum atomic E-state index is -4.41. The van der Waals surface area contributed by atoms with Crippen LogP contribution in [0.1, 0.15) is 5.69 Å². The third-order valence-electron chi connectivity index (χ3n) is 1.65. The fraction of sp³-hybridized carbons (Fsp3) is 0.143. The van der Waals surface area contributed by atoms with Crippen molar-refractivity contribution in [1.82, 2.24) is 15.0 Å². The van der Waals surface area contributed by atoms with Gasteiger partial charge in [-0.3, -0.25) is 0 Å². The molecule has 2 aromatic heterocycles. The van der Waals surface area contributed by atoms with E-state index in [0.29, 0.717) is 0 Å². The van der Waals surface area contributed by atoms with Crippen LogP contribution in [0.2, 0.25) is 5.28 Å². The second-order valence-electron chi connectivity index (χ2n) is 2.62. The summed E-state index contributed by atoms with van der Waals surface area (Å²) in [6.45, 7) is 0. The van der Waals surface area contributed by atoms with Crippen LogP contribution in [0.3, 0.4) is 0 Å². The van der Waals surface area contributed by atoms with Crippen LogP contribution in [0.5, 0.6) is 0 Å². The van der Waals surface area contributed by atoms with Crippen LogP contribution in [0.25, 0.3) is 11.0 Å². The number of halogens is 4. The molecule has 0 aromatic carbocycles. The third kappa shape index (κ3) is 1.52. The molecule has 0 radical (unpaired) electrons. The molecule has 0 fully saturated rings. The van der Waals surface area contributed by atoms with Gasteiger partial charge in [-0.05, 0) is 17.7 Å². The number of H-pyrrole nitrogens is 1. The molecule has 0 saturated heterocycles. The highest BCUT2D eigenvalue weighted by Crippen LogP contribution is 2.30. The van der Waals surface area contributed by atoms with Crippen molar-refractivity contribution in [2.24, 2.45) is 0 Å². The van der Waals surface area contributed by atoms with E-state index in [9.17, 15) is 13.2 Å². The number of nitrogens with zero attached hydrogens (tertiary/aromatic N) is 2. The van der Waals surface area contributed by atoms with Crippen molar-refractivity contribution < 1.29 is 13.2 Å². The average Bonchev–Trinajstić information content (AvgIpc) is 2.45. The summed E-state index contributed by atoms with van der Waals surface area (Å²) in [5, 5.41) is 0.190. The molecule has 0 atom stereocenters. The lowest BCUT2D eigenvalue weighted by Gasteiger charge is -2.00. The SMILES string of the molecule is FC(F)(F)c1cc2cnc(Cl)nc2[nH]1. The maximum absolute atomic E-state index is 12.2. The van der Waals surface area contributed by atoms with Gasteiger partial charge in [0.05, 0.1) is 0 Å². The molecule has 74 valence electrons. The van der Waals surface area contributed by atoms with Gasteiger partial charge in [-0.2, -0.15) is 18.2 Å². The Kier molecular flexibility index (Phi) is 1.88. The van der Waals surface area contributed by atoms with E-state index in [1.165, 1.54) is 6.20 Å². The molecule has 2 aromatic rings. The first-order chi connectivity index (χ1) is 6.47. The zero-order chi connectivity index (χ0) is 10.3. The molecule has 0 saturated carbocycles. The fourth-order valence-electron chi connectivity index (χ4n) is 1.05. The zero-order valence-corrected chi connectivity index (χ0v) is 7.32.